The van der Waals surface area contributed by atoms with Crippen LogP contribution in [0.2, 0.25) is 5.02 Å². The number of hydrogen-bond donors (Lipinski definition) is 0. The summed E-state index contributed by atoms with van der Waals surface area (Å²) in [6, 6.07) is 1.36. The van der Waals surface area contributed by atoms with Crippen LogP contribution in [0.15, 0.2) is 12.1 Å². The van der Waals surface area contributed by atoms with Crippen LogP contribution in [0.1, 0.15) is 10.4 Å². The highest BCUT2D eigenvalue weighted by molar-refractivity contribution is 6.68. The lowest BCUT2D eigenvalue weighted by atomic mass is 10.2. The van der Waals surface area contributed by atoms with Crippen LogP contribution in [0, 0.1) is 15.9 Å². The summed E-state index contributed by atoms with van der Waals surface area (Å²) in [5.74, 6) is -0.940. The van der Waals surface area contributed by atoms with Crippen molar-refractivity contribution in [2.45, 2.75) is 0 Å². The molecule has 0 amide bonds. The Morgan fingerprint density at radius 3 is 2.50 bits per heavy atom. The Kier molecular flexibility index (Phi) is 3.03. The van der Waals surface area contributed by atoms with Gasteiger partial charge in [-0.05, 0) is 17.7 Å². The number of hydrogen-bond acceptors (Lipinski definition) is 3. The Morgan fingerprint density at radius 2 is 2.07 bits per heavy atom. The first-order chi connectivity index (χ1) is 6.43. The summed E-state index contributed by atoms with van der Waals surface area (Å²) in [5.41, 5.74) is -1.10. The zero-order chi connectivity index (χ0) is 10.9. The third kappa shape index (κ3) is 2.00. The number of rotatable bonds is 2. The molecular formula is C7H2Cl2FNO3. The molecule has 0 fully saturated rings. The van der Waals surface area contributed by atoms with Crippen LogP contribution in [0.25, 0.3) is 0 Å². The van der Waals surface area contributed by atoms with Gasteiger partial charge in [0.1, 0.15) is 10.8 Å². The van der Waals surface area contributed by atoms with Crippen LogP contribution in [-0.4, -0.2) is 10.2 Å². The zero-order valence-corrected chi connectivity index (χ0v) is 7.97. The van der Waals surface area contributed by atoms with Gasteiger partial charge >= 0.3 is 0 Å². The molecule has 0 radical (unpaired) electrons. The molecule has 7 heteroatoms. The molecule has 0 N–H and O–H groups in total. The lowest BCUT2D eigenvalue weighted by Crippen LogP contribution is -1.97. The first-order valence-electron chi connectivity index (χ1n) is 3.26. The lowest BCUT2D eigenvalue weighted by Gasteiger charge is -1.99. The number of carbonyl (C=O) groups excluding carboxylic acids is 1. The molecular weight excluding hydrogens is 236 g/mol. The van der Waals surface area contributed by atoms with Gasteiger partial charge in [0, 0.05) is 0 Å². The van der Waals surface area contributed by atoms with Crippen molar-refractivity contribution in [1.82, 2.24) is 0 Å². The molecule has 0 aliphatic heterocycles. The topological polar surface area (TPSA) is 60.2 Å². The van der Waals surface area contributed by atoms with Gasteiger partial charge in [-0.15, -0.1) is 0 Å². The smallest absolute Gasteiger partial charge is 0.276 e. The van der Waals surface area contributed by atoms with Crippen molar-refractivity contribution in [1.29, 1.82) is 0 Å². The first kappa shape index (κ1) is 10.9. The Labute approximate surface area is 87.4 Å². The van der Waals surface area contributed by atoms with Gasteiger partial charge in [-0.1, -0.05) is 11.6 Å². The van der Waals surface area contributed by atoms with E-state index in [-0.39, 0.29) is 0 Å². The molecule has 0 aliphatic carbocycles. The van der Waals surface area contributed by atoms with Crippen LogP contribution in [0.5, 0.6) is 0 Å². The van der Waals surface area contributed by atoms with Crippen LogP contribution < -0.4 is 0 Å². The van der Waals surface area contributed by atoms with Crippen molar-refractivity contribution in [2.24, 2.45) is 0 Å². The van der Waals surface area contributed by atoms with E-state index in [1.807, 2.05) is 0 Å². The summed E-state index contributed by atoms with van der Waals surface area (Å²) >= 11 is 10.5. The summed E-state index contributed by atoms with van der Waals surface area (Å²) in [4.78, 5) is 20.1. The predicted octanol–water partition coefficient (Wildman–Crippen LogP) is 2.77. The van der Waals surface area contributed by atoms with Gasteiger partial charge in [0.2, 0.25) is 0 Å². The van der Waals surface area contributed by atoms with Gasteiger partial charge in [0.15, 0.2) is 0 Å². The molecule has 0 heterocycles. The SMILES string of the molecule is O=C(Cl)c1cc(F)cc([N+](=O)[O-])c1Cl. The second kappa shape index (κ2) is 3.89. The predicted molar refractivity (Wildman–Crippen MR) is 48.2 cm³/mol. The lowest BCUT2D eigenvalue weighted by molar-refractivity contribution is -0.384. The zero-order valence-electron chi connectivity index (χ0n) is 6.46. The molecule has 0 aliphatic rings. The minimum Gasteiger partial charge on any atom is -0.276 e. The largest absolute Gasteiger partial charge is 0.291 e. The molecule has 1 aromatic carbocycles. The highest BCUT2D eigenvalue weighted by Crippen LogP contribution is 2.30. The average Bonchev–Trinajstić information content (AvgIpc) is 2.07. The molecule has 14 heavy (non-hydrogen) atoms. The molecule has 0 bridgehead atoms. The van der Waals surface area contributed by atoms with Crippen LogP contribution in [0.4, 0.5) is 10.1 Å². The fourth-order valence-corrected chi connectivity index (χ4v) is 1.31. The molecule has 0 aromatic heterocycles. The van der Waals surface area contributed by atoms with Crippen molar-refractivity contribution < 1.29 is 14.1 Å². The number of nitro groups is 1. The van der Waals surface area contributed by atoms with E-state index in [4.69, 9.17) is 23.2 Å². The maximum atomic E-state index is 12.8. The van der Waals surface area contributed by atoms with Gasteiger partial charge in [-0.3, -0.25) is 14.9 Å². The Morgan fingerprint density at radius 1 is 1.50 bits per heavy atom. The van der Waals surface area contributed by atoms with E-state index in [2.05, 4.69) is 0 Å². The number of carbonyl (C=O) groups is 1. The highest BCUT2D eigenvalue weighted by Gasteiger charge is 2.21. The fourth-order valence-electron chi connectivity index (χ4n) is 0.851. The van der Waals surface area contributed by atoms with Gasteiger partial charge in [-0.25, -0.2) is 4.39 Å². The highest BCUT2D eigenvalue weighted by atomic mass is 35.5. The van der Waals surface area contributed by atoms with Crippen molar-refractivity contribution in [3.63, 3.8) is 0 Å². The third-order valence-electron chi connectivity index (χ3n) is 1.43. The molecule has 1 rings (SSSR count). The van der Waals surface area contributed by atoms with Crippen LogP contribution >= 0.6 is 23.2 Å². The van der Waals surface area contributed by atoms with E-state index >= 15 is 0 Å². The minimum absolute atomic E-state index is 0.417. The van der Waals surface area contributed by atoms with Crippen molar-refractivity contribution >= 4 is 34.1 Å². The summed E-state index contributed by atoms with van der Waals surface area (Å²) < 4.78 is 12.8. The maximum Gasteiger partial charge on any atom is 0.291 e. The number of halogens is 3. The monoisotopic (exact) mass is 237 g/mol. The standard InChI is InChI=1S/C7H2Cl2FNO3/c8-6-4(7(9)12)1-3(10)2-5(6)11(13)14/h1-2H. The Bertz CT molecular complexity index is 386. The van der Waals surface area contributed by atoms with Gasteiger partial charge in [0.25, 0.3) is 10.9 Å². The Hall–Kier alpha value is -1.20. The fraction of sp³-hybridized carbons (Fsp3) is 0. The normalized spacial score (nSPS) is 9.93. The van der Waals surface area contributed by atoms with Crippen LogP contribution in [0.3, 0.4) is 0 Å². The second-order valence-electron chi connectivity index (χ2n) is 2.32. The molecule has 0 unspecified atom stereocenters. The molecule has 0 saturated carbocycles. The van der Waals surface area contributed by atoms with Gasteiger partial charge < -0.3 is 0 Å². The van der Waals surface area contributed by atoms with Crippen molar-refractivity contribution in [3.8, 4) is 0 Å². The average molecular weight is 238 g/mol. The third-order valence-corrected chi connectivity index (χ3v) is 2.03. The first-order valence-corrected chi connectivity index (χ1v) is 4.02. The van der Waals surface area contributed by atoms with E-state index in [0.29, 0.717) is 6.07 Å². The molecule has 0 saturated heterocycles. The number of nitro benzene ring substituents is 1. The number of nitrogens with zero attached hydrogens (tertiary/aromatic N) is 1. The van der Waals surface area contributed by atoms with E-state index in [0.717, 1.165) is 6.07 Å². The van der Waals surface area contributed by atoms with Gasteiger partial charge in [-0.2, -0.15) is 0 Å². The molecule has 0 atom stereocenters. The Balaban J connectivity index is 3.47. The summed E-state index contributed by atoms with van der Waals surface area (Å²) in [5, 5.41) is 8.84. The van der Waals surface area contributed by atoms with E-state index in [9.17, 15) is 19.3 Å². The molecule has 0 spiro atoms. The number of benzene rings is 1. The minimum atomic E-state index is -1.04. The van der Waals surface area contributed by atoms with Crippen molar-refractivity contribution in [3.05, 3.63) is 38.7 Å². The van der Waals surface area contributed by atoms with Gasteiger partial charge in [0.05, 0.1) is 16.6 Å². The summed E-state index contributed by atoms with van der Waals surface area (Å²) in [7, 11) is 0. The summed E-state index contributed by atoms with van der Waals surface area (Å²) in [6.07, 6.45) is 0. The van der Waals surface area contributed by atoms with E-state index in [1.165, 1.54) is 0 Å². The molecule has 1 aromatic rings. The maximum absolute atomic E-state index is 12.8. The molecule has 4 nitrogen and oxygen atoms in total. The molecule has 74 valence electrons. The quantitative estimate of drug-likeness (QED) is 0.452. The second-order valence-corrected chi connectivity index (χ2v) is 3.04. The van der Waals surface area contributed by atoms with Crippen molar-refractivity contribution in [2.75, 3.05) is 0 Å². The van der Waals surface area contributed by atoms with E-state index in [1.54, 1.807) is 0 Å². The van der Waals surface area contributed by atoms with E-state index < -0.39 is 32.3 Å². The summed E-state index contributed by atoms with van der Waals surface area (Å²) in [6.45, 7) is 0. The van der Waals surface area contributed by atoms with Crippen LogP contribution in [-0.2, 0) is 0 Å².